The van der Waals surface area contributed by atoms with Gasteiger partial charge < -0.3 is 4.98 Å². The Bertz CT molecular complexity index is 792. The van der Waals surface area contributed by atoms with Crippen LogP contribution in [0.15, 0.2) is 41.2 Å². The maximum atomic E-state index is 11.9. The molecule has 0 amide bonds. The predicted octanol–water partition coefficient (Wildman–Crippen LogP) is 3.99. The summed E-state index contributed by atoms with van der Waals surface area (Å²) in [7, 11) is 0. The van der Waals surface area contributed by atoms with E-state index in [-0.39, 0.29) is 5.56 Å². The number of hydrogen-bond donors (Lipinski definition) is 1. The van der Waals surface area contributed by atoms with Gasteiger partial charge in [0.1, 0.15) is 0 Å². The lowest BCUT2D eigenvalue weighted by Crippen LogP contribution is -2.05. The fourth-order valence-electron chi connectivity index (χ4n) is 1.98. The molecule has 0 aliphatic heterocycles. The molecule has 4 heteroatoms. The van der Waals surface area contributed by atoms with Crippen LogP contribution in [0.5, 0.6) is 0 Å². The van der Waals surface area contributed by atoms with Crippen molar-refractivity contribution in [2.24, 2.45) is 0 Å². The topological polar surface area (TPSA) is 32.9 Å². The maximum Gasteiger partial charge on any atom is 0.256 e. The minimum Gasteiger partial charge on any atom is -0.321 e. The van der Waals surface area contributed by atoms with E-state index < -0.39 is 0 Å². The van der Waals surface area contributed by atoms with Gasteiger partial charge in [0.25, 0.3) is 5.56 Å². The lowest BCUT2D eigenvalue weighted by atomic mass is 10.1. The van der Waals surface area contributed by atoms with Gasteiger partial charge in [-0.2, -0.15) is 0 Å². The third-order valence-corrected chi connectivity index (χ3v) is 3.22. The number of nitrogens with one attached hydrogen (secondary N) is 1. The Kier molecular flexibility index (Phi) is 2.35. The fraction of sp³-hybridized carbons (Fsp3) is 0. The molecule has 0 fully saturated rings. The van der Waals surface area contributed by atoms with E-state index in [1.54, 1.807) is 30.3 Å². The summed E-state index contributed by atoms with van der Waals surface area (Å²) in [5.41, 5.74) is 0.639. The van der Waals surface area contributed by atoms with Gasteiger partial charge in [0.2, 0.25) is 0 Å². The lowest BCUT2D eigenvalue weighted by Gasteiger charge is -2.04. The second-order valence-electron chi connectivity index (χ2n) is 3.83. The van der Waals surface area contributed by atoms with Gasteiger partial charge in [-0.05, 0) is 41.8 Å². The highest BCUT2D eigenvalue weighted by atomic mass is 35.5. The molecule has 0 bridgehead atoms. The van der Waals surface area contributed by atoms with Crippen LogP contribution in [0.4, 0.5) is 0 Å². The molecular formula is C13H7Cl2NO. The molecule has 2 aromatic carbocycles. The van der Waals surface area contributed by atoms with Crippen molar-refractivity contribution in [3.8, 4) is 0 Å². The number of aromatic amines is 1. The Morgan fingerprint density at radius 2 is 1.47 bits per heavy atom. The molecule has 0 aliphatic carbocycles. The molecule has 1 heterocycles. The van der Waals surface area contributed by atoms with Crippen LogP contribution in [0.25, 0.3) is 21.7 Å². The third-order valence-electron chi connectivity index (χ3n) is 2.75. The molecule has 17 heavy (non-hydrogen) atoms. The smallest absolute Gasteiger partial charge is 0.256 e. The van der Waals surface area contributed by atoms with Crippen LogP contribution >= 0.6 is 23.2 Å². The van der Waals surface area contributed by atoms with E-state index in [2.05, 4.69) is 4.98 Å². The summed E-state index contributed by atoms with van der Waals surface area (Å²) in [6.07, 6.45) is 0. The quantitative estimate of drug-likeness (QED) is 0.612. The molecule has 0 saturated heterocycles. The lowest BCUT2D eigenvalue weighted by molar-refractivity contribution is 1.34. The van der Waals surface area contributed by atoms with Gasteiger partial charge in [0.05, 0.1) is 0 Å². The largest absolute Gasteiger partial charge is 0.321 e. The van der Waals surface area contributed by atoms with Crippen LogP contribution in [-0.2, 0) is 0 Å². The van der Waals surface area contributed by atoms with Crippen LogP contribution in [0.3, 0.4) is 0 Å². The van der Waals surface area contributed by atoms with Gasteiger partial charge in [0, 0.05) is 26.3 Å². The van der Waals surface area contributed by atoms with Crippen molar-refractivity contribution in [3.63, 3.8) is 0 Å². The second kappa shape index (κ2) is 3.76. The average molecular weight is 264 g/mol. The van der Waals surface area contributed by atoms with E-state index in [0.717, 1.165) is 16.3 Å². The summed E-state index contributed by atoms with van der Waals surface area (Å²) in [6, 6.07) is 10.6. The summed E-state index contributed by atoms with van der Waals surface area (Å²) >= 11 is 11.9. The summed E-state index contributed by atoms with van der Waals surface area (Å²) < 4.78 is 0. The molecule has 0 spiro atoms. The standard InChI is InChI=1S/C13H7Cl2NO/c14-7-1-3-9-10(5-7)11-6-8(15)2-4-12(11)16-13(9)17/h1-6H,(H,16,17). The van der Waals surface area contributed by atoms with Gasteiger partial charge >= 0.3 is 0 Å². The van der Waals surface area contributed by atoms with Crippen molar-refractivity contribution in [2.75, 3.05) is 0 Å². The molecule has 3 rings (SSSR count). The Labute approximate surface area is 107 Å². The van der Waals surface area contributed by atoms with Gasteiger partial charge in [-0.25, -0.2) is 0 Å². The summed E-state index contributed by atoms with van der Waals surface area (Å²) in [6.45, 7) is 0. The molecule has 0 aliphatic rings. The Balaban J connectivity index is 2.64. The highest BCUT2D eigenvalue weighted by Gasteiger charge is 2.06. The first-order chi connectivity index (χ1) is 8.15. The maximum absolute atomic E-state index is 11.9. The van der Waals surface area contributed by atoms with Gasteiger partial charge in [-0.1, -0.05) is 23.2 Å². The highest BCUT2D eigenvalue weighted by molar-refractivity contribution is 6.33. The summed E-state index contributed by atoms with van der Waals surface area (Å²) in [5.74, 6) is 0. The van der Waals surface area contributed by atoms with Crippen molar-refractivity contribution >= 4 is 44.9 Å². The SMILES string of the molecule is O=c1[nH]c2ccc(Cl)cc2c2cc(Cl)ccc12. The number of halogens is 2. The molecule has 84 valence electrons. The second-order valence-corrected chi connectivity index (χ2v) is 4.71. The molecule has 2 nitrogen and oxygen atoms in total. The monoisotopic (exact) mass is 263 g/mol. The Morgan fingerprint density at radius 1 is 0.824 bits per heavy atom. The van der Waals surface area contributed by atoms with E-state index in [4.69, 9.17) is 23.2 Å². The van der Waals surface area contributed by atoms with Crippen LogP contribution < -0.4 is 5.56 Å². The van der Waals surface area contributed by atoms with E-state index in [1.807, 2.05) is 6.07 Å². The molecule has 3 aromatic rings. The van der Waals surface area contributed by atoms with E-state index in [9.17, 15) is 4.79 Å². The molecule has 0 saturated carbocycles. The Hall–Kier alpha value is -1.51. The minimum absolute atomic E-state index is 0.119. The number of benzene rings is 2. The van der Waals surface area contributed by atoms with Gasteiger partial charge in [0.15, 0.2) is 0 Å². The molecule has 0 radical (unpaired) electrons. The van der Waals surface area contributed by atoms with Crippen LogP contribution in [-0.4, -0.2) is 4.98 Å². The first kappa shape index (κ1) is 10.6. The number of aromatic nitrogens is 1. The van der Waals surface area contributed by atoms with E-state index >= 15 is 0 Å². The van der Waals surface area contributed by atoms with Crippen molar-refractivity contribution in [1.82, 2.24) is 4.98 Å². The zero-order chi connectivity index (χ0) is 12.0. The molecule has 0 atom stereocenters. The zero-order valence-electron chi connectivity index (χ0n) is 8.63. The number of H-pyrrole nitrogens is 1. The predicted molar refractivity (Wildman–Crippen MR) is 72.1 cm³/mol. The molecule has 0 unspecified atom stereocenters. The van der Waals surface area contributed by atoms with Crippen molar-refractivity contribution in [1.29, 1.82) is 0 Å². The van der Waals surface area contributed by atoms with Crippen LogP contribution in [0.2, 0.25) is 10.0 Å². The number of pyridine rings is 1. The summed E-state index contributed by atoms with van der Waals surface area (Å²) in [4.78, 5) is 14.7. The van der Waals surface area contributed by atoms with Crippen LogP contribution in [0.1, 0.15) is 0 Å². The number of rotatable bonds is 0. The molecule has 1 aromatic heterocycles. The van der Waals surface area contributed by atoms with Crippen molar-refractivity contribution < 1.29 is 0 Å². The van der Waals surface area contributed by atoms with Gasteiger partial charge in [-0.3, -0.25) is 4.79 Å². The summed E-state index contributed by atoms with van der Waals surface area (Å²) in [5, 5.41) is 3.56. The normalized spacial score (nSPS) is 11.2. The van der Waals surface area contributed by atoms with E-state index in [0.29, 0.717) is 15.4 Å². The molecule has 1 N–H and O–H groups in total. The zero-order valence-corrected chi connectivity index (χ0v) is 10.1. The van der Waals surface area contributed by atoms with Crippen molar-refractivity contribution in [3.05, 3.63) is 56.8 Å². The number of hydrogen-bond acceptors (Lipinski definition) is 1. The number of fused-ring (bicyclic) bond motifs is 3. The first-order valence-corrected chi connectivity index (χ1v) is 5.81. The highest BCUT2D eigenvalue weighted by Crippen LogP contribution is 2.26. The Morgan fingerprint density at radius 3 is 2.24 bits per heavy atom. The van der Waals surface area contributed by atoms with E-state index in [1.165, 1.54) is 0 Å². The first-order valence-electron chi connectivity index (χ1n) is 5.06. The van der Waals surface area contributed by atoms with Gasteiger partial charge in [-0.15, -0.1) is 0 Å². The fourth-order valence-corrected chi connectivity index (χ4v) is 2.32. The molecular weight excluding hydrogens is 257 g/mol. The average Bonchev–Trinajstić information content (AvgIpc) is 2.30. The third kappa shape index (κ3) is 1.70. The minimum atomic E-state index is -0.119. The van der Waals surface area contributed by atoms with Crippen molar-refractivity contribution in [2.45, 2.75) is 0 Å². The van der Waals surface area contributed by atoms with Crippen LogP contribution in [0, 0.1) is 0 Å².